The fraction of sp³-hybridized carbons (Fsp3) is 0.600. The summed E-state index contributed by atoms with van der Waals surface area (Å²) in [5, 5.41) is 2.54. The first kappa shape index (κ1) is 23.6. The summed E-state index contributed by atoms with van der Waals surface area (Å²) in [6.45, 7) is 3.32. The van der Waals surface area contributed by atoms with E-state index in [2.05, 4.69) is 15.2 Å². The van der Waals surface area contributed by atoms with Crippen molar-refractivity contribution >= 4 is 23.3 Å². The Kier molecular flexibility index (Phi) is 5.30. The first-order valence-corrected chi connectivity index (χ1v) is 12.3. The molecule has 0 bridgehead atoms. The van der Waals surface area contributed by atoms with Gasteiger partial charge in [-0.05, 0) is 62.1 Å². The average Bonchev–Trinajstić information content (AvgIpc) is 3.14. The van der Waals surface area contributed by atoms with Gasteiger partial charge in [0.1, 0.15) is 23.6 Å². The molecule has 2 unspecified atom stereocenters. The molecule has 2 aliphatic carbocycles. The lowest BCUT2D eigenvalue weighted by molar-refractivity contribution is -0.130. The zero-order valence-corrected chi connectivity index (χ0v) is 20.1. The molecule has 2 saturated carbocycles. The molecule has 6 rings (SSSR count). The minimum atomic E-state index is -4.59. The van der Waals surface area contributed by atoms with Crippen molar-refractivity contribution in [3.8, 4) is 0 Å². The third-order valence-corrected chi connectivity index (χ3v) is 8.05. The van der Waals surface area contributed by atoms with E-state index in [1.165, 1.54) is 12.5 Å². The Balaban J connectivity index is 1.22. The number of rotatable bonds is 6. The van der Waals surface area contributed by atoms with Gasteiger partial charge in [0.2, 0.25) is 0 Å². The van der Waals surface area contributed by atoms with E-state index in [1.807, 2.05) is 6.92 Å². The highest BCUT2D eigenvalue weighted by Crippen LogP contribution is 2.54. The van der Waals surface area contributed by atoms with E-state index in [1.54, 1.807) is 18.1 Å². The van der Waals surface area contributed by atoms with Gasteiger partial charge in [-0.15, -0.1) is 0 Å². The lowest BCUT2D eigenvalue weighted by Gasteiger charge is -2.45. The van der Waals surface area contributed by atoms with Crippen LogP contribution in [0.2, 0.25) is 0 Å². The number of oxazole rings is 1. The largest absolute Gasteiger partial charge is 0.427 e. The van der Waals surface area contributed by atoms with Gasteiger partial charge >= 0.3 is 6.18 Å². The number of methoxy groups -OCH3 is 1. The van der Waals surface area contributed by atoms with Crippen molar-refractivity contribution in [1.29, 1.82) is 0 Å². The van der Waals surface area contributed by atoms with Crippen LogP contribution in [0.4, 0.5) is 35.0 Å². The second-order valence-electron chi connectivity index (χ2n) is 10.8. The van der Waals surface area contributed by atoms with E-state index in [9.17, 15) is 18.0 Å². The van der Waals surface area contributed by atoms with Crippen LogP contribution < -0.4 is 15.1 Å². The molecule has 1 aromatic carbocycles. The second kappa shape index (κ2) is 8.09. The zero-order valence-electron chi connectivity index (χ0n) is 20.1. The summed E-state index contributed by atoms with van der Waals surface area (Å²) in [6, 6.07) is 3.22. The number of carbonyl (C=O) groups excluding carboxylic acids is 1. The number of anilines is 3. The molecule has 2 aromatic rings. The van der Waals surface area contributed by atoms with E-state index in [0.717, 1.165) is 36.8 Å². The molecule has 3 fully saturated rings. The summed E-state index contributed by atoms with van der Waals surface area (Å²) in [5.41, 5.74) is 0.642. The summed E-state index contributed by atoms with van der Waals surface area (Å²) in [4.78, 5) is 20.8. The van der Waals surface area contributed by atoms with Crippen LogP contribution in [0, 0.1) is 17.7 Å². The second-order valence-corrected chi connectivity index (χ2v) is 10.8. The molecular formula is C25H28F4N4O3. The number of hydrogen-bond donors (Lipinski definition) is 1. The summed E-state index contributed by atoms with van der Waals surface area (Å²) in [7, 11) is 1.55. The Hall–Kier alpha value is -2.82. The molecule has 4 aliphatic rings. The SMILES string of the molecule is COC1(C)CN(c2nc(C(=O)Nc3cc(F)c4c(c3)CCN4C3CC4CC4C3)c(CC(F)(F)F)o2)C1. The highest BCUT2D eigenvalue weighted by atomic mass is 19.4. The van der Waals surface area contributed by atoms with Crippen LogP contribution in [0.5, 0.6) is 0 Å². The summed E-state index contributed by atoms with van der Waals surface area (Å²) in [5.74, 6) is -0.327. The van der Waals surface area contributed by atoms with Crippen LogP contribution in [-0.2, 0) is 17.6 Å². The Labute approximate surface area is 205 Å². The maximum Gasteiger partial charge on any atom is 0.396 e. The number of carbonyl (C=O) groups is 1. The van der Waals surface area contributed by atoms with Crippen molar-refractivity contribution in [3.63, 3.8) is 0 Å². The molecule has 2 aliphatic heterocycles. The van der Waals surface area contributed by atoms with Gasteiger partial charge in [-0.25, -0.2) is 4.39 Å². The number of nitrogens with zero attached hydrogens (tertiary/aromatic N) is 3. The maximum absolute atomic E-state index is 15.2. The monoisotopic (exact) mass is 508 g/mol. The Morgan fingerprint density at radius 3 is 2.64 bits per heavy atom. The summed E-state index contributed by atoms with van der Waals surface area (Å²) >= 11 is 0. The van der Waals surface area contributed by atoms with Crippen LogP contribution in [0.15, 0.2) is 16.5 Å². The van der Waals surface area contributed by atoms with Crippen LogP contribution in [0.3, 0.4) is 0 Å². The zero-order chi connectivity index (χ0) is 25.4. The van der Waals surface area contributed by atoms with Gasteiger partial charge in [-0.1, -0.05) is 0 Å². The van der Waals surface area contributed by atoms with Crippen molar-refractivity contribution in [3.05, 3.63) is 35.0 Å². The molecule has 11 heteroatoms. The predicted molar refractivity (Wildman–Crippen MR) is 124 cm³/mol. The average molecular weight is 509 g/mol. The van der Waals surface area contributed by atoms with Gasteiger partial charge < -0.3 is 24.3 Å². The maximum atomic E-state index is 15.2. The smallest absolute Gasteiger partial charge is 0.396 e. The van der Waals surface area contributed by atoms with Crippen molar-refractivity contribution in [2.75, 3.05) is 41.9 Å². The minimum absolute atomic E-state index is 0.0701. The van der Waals surface area contributed by atoms with Crippen molar-refractivity contribution in [1.82, 2.24) is 4.98 Å². The first-order chi connectivity index (χ1) is 17.0. The number of alkyl halides is 3. The molecule has 1 N–H and O–H groups in total. The lowest BCUT2D eigenvalue weighted by atomic mass is 9.97. The van der Waals surface area contributed by atoms with Crippen LogP contribution in [0.1, 0.15) is 48.0 Å². The summed E-state index contributed by atoms with van der Waals surface area (Å²) < 4.78 is 65.5. The Morgan fingerprint density at radius 1 is 1.25 bits per heavy atom. The van der Waals surface area contributed by atoms with E-state index in [-0.39, 0.29) is 11.7 Å². The van der Waals surface area contributed by atoms with E-state index in [4.69, 9.17) is 9.15 Å². The third-order valence-electron chi connectivity index (χ3n) is 8.05. The van der Waals surface area contributed by atoms with Gasteiger partial charge in [0.15, 0.2) is 5.69 Å². The number of ether oxygens (including phenoxy) is 1. The van der Waals surface area contributed by atoms with Gasteiger partial charge in [-0.3, -0.25) is 4.79 Å². The van der Waals surface area contributed by atoms with Crippen molar-refractivity contribution in [2.45, 2.75) is 56.8 Å². The molecule has 194 valence electrons. The van der Waals surface area contributed by atoms with Gasteiger partial charge in [0.05, 0.1) is 18.8 Å². The van der Waals surface area contributed by atoms with Gasteiger partial charge in [-0.2, -0.15) is 18.2 Å². The molecule has 1 aromatic heterocycles. The number of halogens is 4. The standard InChI is InChI=1S/C25H28F4N4O3/c1-24(35-2)11-32(12-24)23-31-20(19(36-23)10-25(27,28)29)22(34)30-16-6-13-3-4-33(21(13)18(26)9-16)17-7-14-5-15(14)8-17/h6,9,14-15,17H,3-5,7-8,10-12H2,1-2H3,(H,30,34). The quantitative estimate of drug-likeness (QED) is 0.577. The third kappa shape index (κ3) is 4.21. The number of nitrogens with one attached hydrogen (secondary N) is 1. The van der Waals surface area contributed by atoms with Crippen molar-refractivity contribution in [2.24, 2.45) is 11.8 Å². The van der Waals surface area contributed by atoms with Gasteiger partial charge in [0, 0.05) is 25.4 Å². The lowest BCUT2D eigenvalue weighted by Crippen LogP contribution is -2.61. The van der Waals surface area contributed by atoms with Crippen LogP contribution >= 0.6 is 0 Å². The fourth-order valence-corrected chi connectivity index (χ4v) is 6.07. The molecule has 2 atom stereocenters. The van der Waals surface area contributed by atoms with Crippen LogP contribution in [-0.4, -0.2) is 55.5 Å². The molecule has 3 heterocycles. The number of amides is 1. The highest BCUT2D eigenvalue weighted by Gasteiger charge is 2.48. The molecule has 0 spiro atoms. The van der Waals surface area contributed by atoms with Crippen LogP contribution in [0.25, 0.3) is 0 Å². The number of aromatic nitrogens is 1. The number of fused-ring (bicyclic) bond motifs is 2. The van der Waals surface area contributed by atoms with Crippen molar-refractivity contribution < 1.29 is 31.5 Å². The highest BCUT2D eigenvalue weighted by molar-refractivity contribution is 6.04. The summed E-state index contributed by atoms with van der Waals surface area (Å²) in [6.07, 6.45) is -1.89. The molecule has 36 heavy (non-hydrogen) atoms. The Bertz CT molecular complexity index is 1200. The van der Waals surface area contributed by atoms with Gasteiger partial charge in [0.25, 0.3) is 11.9 Å². The first-order valence-electron chi connectivity index (χ1n) is 12.3. The van der Waals surface area contributed by atoms with E-state index in [0.29, 0.717) is 31.2 Å². The molecule has 7 nitrogen and oxygen atoms in total. The Morgan fingerprint density at radius 2 is 1.97 bits per heavy atom. The molecule has 0 radical (unpaired) electrons. The minimum Gasteiger partial charge on any atom is -0.427 e. The fourth-order valence-electron chi connectivity index (χ4n) is 6.07. The molecular weight excluding hydrogens is 480 g/mol. The molecule has 1 amide bonds. The van der Waals surface area contributed by atoms with E-state index >= 15 is 4.39 Å². The number of hydrogen-bond acceptors (Lipinski definition) is 6. The topological polar surface area (TPSA) is 70.8 Å². The number of benzene rings is 1. The predicted octanol–water partition coefficient (Wildman–Crippen LogP) is 4.56. The molecule has 1 saturated heterocycles. The normalized spacial score (nSPS) is 26.0. The van der Waals surface area contributed by atoms with E-state index < -0.39 is 41.4 Å².